The summed E-state index contributed by atoms with van der Waals surface area (Å²) in [6.07, 6.45) is 4.77. The Balaban J connectivity index is 1.28. The van der Waals surface area contributed by atoms with Gasteiger partial charge in [-0.2, -0.15) is 0 Å². The molecule has 0 spiro atoms. The molecule has 3 N–H and O–H groups in total. The minimum absolute atomic E-state index is 0.00645. The molecule has 2 aromatic rings. The highest BCUT2D eigenvalue weighted by Crippen LogP contribution is 2.46. The Labute approximate surface area is 332 Å². The van der Waals surface area contributed by atoms with Crippen LogP contribution in [0.2, 0.25) is 0 Å². The number of carbonyl (C=O) groups is 4. The Morgan fingerprint density at radius 2 is 1.93 bits per heavy atom. The molecular formula is C40H51N5O11S. The van der Waals surface area contributed by atoms with Gasteiger partial charge >= 0.3 is 6.09 Å². The van der Waals surface area contributed by atoms with Crippen molar-refractivity contribution in [1.82, 2.24) is 25.2 Å². The van der Waals surface area contributed by atoms with Crippen LogP contribution in [0, 0.1) is 17.3 Å². The summed E-state index contributed by atoms with van der Waals surface area (Å²) in [6, 6.07) is 3.00. The van der Waals surface area contributed by atoms with Crippen LogP contribution in [0.25, 0.3) is 17.0 Å². The van der Waals surface area contributed by atoms with Crippen LogP contribution in [0.1, 0.15) is 65.4 Å². The van der Waals surface area contributed by atoms with Crippen LogP contribution >= 0.6 is 0 Å². The molecule has 3 aliphatic heterocycles. The Morgan fingerprint density at radius 3 is 2.60 bits per heavy atom. The van der Waals surface area contributed by atoms with Crippen molar-refractivity contribution in [2.45, 2.75) is 94.9 Å². The smallest absolute Gasteiger partial charge is 0.408 e. The fourth-order valence-corrected chi connectivity index (χ4v) is 9.18. The predicted molar refractivity (Wildman–Crippen MR) is 208 cm³/mol. The lowest BCUT2D eigenvalue weighted by Crippen LogP contribution is -2.60. The van der Waals surface area contributed by atoms with Crippen LogP contribution in [0.15, 0.2) is 36.9 Å². The fraction of sp³-hybridized carbons (Fsp3) is 0.575. The lowest BCUT2D eigenvalue weighted by atomic mass is 9.85. The lowest BCUT2D eigenvalue weighted by Gasteiger charge is -2.35. The van der Waals surface area contributed by atoms with Crippen molar-refractivity contribution < 1.29 is 51.3 Å². The topological polar surface area (TPSA) is 201 Å². The van der Waals surface area contributed by atoms with Crippen molar-refractivity contribution in [3.05, 3.63) is 42.5 Å². The second-order valence-electron chi connectivity index (χ2n) is 16.5. The molecule has 2 aliphatic carbocycles. The molecule has 16 nitrogen and oxygen atoms in total. The third-order valence-corrected chi connectivity index (χ3v) is 13.1. The van der Waals surface area contributed by atoms with E-state index >= 15 is 0 Å². The molecule has 17 heteroatoms. The number of hydrogen-bond acceptors (Lipinski definition) is 12. The van der Waals surface area contributed by atoms with Crippen molar-refractivity contribution in [2.24, 2.45) is 17.3 Å². The van der Waals surface area contributed by atoms with Crippen LogP contribution in [-0.4, -0.2) is 111 Å². The highest BCUT2D eigenvalue weighted by atomic mass is 32.2. The summed E-state index contributed by atoms with van der Waals surface area (Å²) in [4.78, 5) is 62.4. The van der Waals surface area contributed by atoms with E-state index in [1.807, 2.05) is 25.1 Å². The van der Waals surface area contributed by atoms with Crippen molar-refractivity contribution in [2.75, 3.05) is 33.5 Å². The van der Waals surface area contributed by atoms with Crippen molar-refractivity contribution >= 4 is 50.8 Å². The van der Waals surface area contributed by atoms with Gasteiger partial charge < -0.3 is 39.2 Å². The summed E-state index contributed by atoms with van der Waals surface area (Å²) in [5, 5.41) is 5.56. The van der Waals surface area contributed by atoms with E-state index in [0.29, 0.717) is 60.8 Å². The quantitative estimate of drug-likeness (QED) is 0.313. The number of nitrogens with zero attached hydrogens (tertiary/aromatic N) is 2. The number of allylic oxidation sites excluding steroid dienone is 1. The number of benzene rings is 1. The first-order chi connectivity index (χ1) is 27.1. The molecule has 1 aromatic carbocycles. The standard InChI is InChI=1S/C40H51N5O11S/c1-7-24-18-40(24,37(48)44-57(50,51)26-12-13-26)43-35(46)29-15-25-19-45(29)36(47)34(39(3,4)5)42-38(49)56-32-21-53-20-23(32)11-9-10-22-14-27-28(16-30(22)52-6)41-33(54-8-2)17-31(27)55-25/h7,9-10,14,16-17,23-26,29,32,34H,1,8,11-13,15,18-21H2,2-6H3,(H,42,49)(H,43,46)(H,44,48)/b10-9+/t23-,24+,25+,29-,32-,34+,40+/m0/s1. The van der Waals surface area contributed by atoms with Crippen molar-refractivity contribution in [3.63, 3.8) is 0 Å². The molecule has 0 unspecified atom stereocenters. The monoisotopic (exact) mass is 809 g/mol. The molecule has 1 aromatic heterocycles. The van der Waals surface area contributed by atoms with E-state index in [1.54, 1.807) is 40.0 Å². The zero-order chi connectivity index (χ0) is 40.9. The average molecular weight is 810 g/mol. The molecule has 308 valence electrons. The third kappa shape index (κ3) is 8.26. The summed E-state index contributed by atoms with van der Waals surface area (Å²) in [6.45, 7) is 11.8. The van der Waals surface area contributed by atoms with Crippen molar-refractivity contribution in [1.29, 1.82) is 0 Å². The predicted octanol–water partition coefficient (Wildman–Crippen LogP) is 3.23. The van der Waals surface area contributed by atoms with E-state index in [2.05, 4.69) is 26.9 Å². The third-order valence-electron chi connectivity index (χ3n) is 11.3. The normalized spacial score (nSPS) is 29.5. The number of rotatable bonds is 9. The molecule has 7 rings (SSSR count). The number of nitrogens with one attached hydrogen (secondary N) is 3. The molecule has 4 amide bonds. The van der Waals surface area contributed by atoms with Gasteiger partial charge in [0.15, 0.2) is 0 Å². The molecule has 2 saturated carbocycles. The number of aromatic nitrogens is 1. The summed E-state index contributed by atoms with van der Waals surface area (Å²) >= 11 is 0. The largest absolute Gasteiger partial charge is 0.496 e. The number of ether oxygens (including phenoxy) is 5. The average Bonchev–Trinajstić information content (AvgIpc) is 4.05. The first-order valence-corrected chi connectivity index (χ1v) is 21.0. The van der Waals surface area contributed by atoms with Gasteiger partial charge in [-0.25, -0.2) is 18.2 Å². The van der Waals surface area contributed by atoms with E-state index in [9.17, 15) is 27.6 Å². The second kappa shape index (κ2) is 15.5. The second-order valence-corrected chi connectivity index (χ2v) is 18.5. The zero-order valence-corrected chi connectivity index (χ0v) is 33.7. The number of carbonyl (C=O) groups excluding carboxylic acids is 4. The van der Waals surface area contributed by atoms with Crippen molar-refractivity contribution in [3.8, 4) is 17.4 Å². The van der Waals surface area contributed by atoms with Gasteiger partial charge in [-0.05, 0) is 44.1 Å². The van der Waals surface area contributed by atoms with Gasteiger partial charge in [-0.3, -0.25) is 19.1 Å². The molecule has 4 fully saturated rings. The SMILES string of the molecule is C=C[C@@H]1C[C@]1(NC(=O)[C@@H]1C[C@@H]2CN1C(=O)[C@H](C(C)(C)C)NC(=O)O[C@H]1COC[C@@H]1C/C=C/c1cc3c(cc(OCC)nc3cc1OC)O2)C(=O)NS(=O)(=O)C1CC1. The Morgan fingerprint density at radius 1 is 1.16 bits per heavy atom. The lowest BCUT2D eigenvalue weighted by molar-refractivity contribution is -0.143. The van der Waals surface area contributed by atoms with Crippen LogP contribution in [0.3, 0.4) is 0 Å². The van der Waals surface area contributed by atoms with Gasteiger partial charge in [0.1, 0.15) is 41.3 Å². The Bertz CT molecular complexity index is 2100. The van der Waals surface area contributed by atoms with Gasteiger partial charge in [-0.1, -0.05) is 39.0 Å². The molecule has 7 atom stereocenters. The highest BCUT2D eigenvalue weighted by Gasteiger charge is 2.62. The number of pyridine rings is 1. The molecule has 4 heterocycles. The summed E-state index contributed by atoms with van der Waals surface area (Å²) < 4.78 is 57.5. The summed E-state index contributed by atoms with van der Waals surface area (Å²) in [5.41, 5.74) is -1.16. The van der Waals surface area contributed by atoms with Gasteiger partial charge in [0.25, 0.3) is 5.91 Å². The van der Waals surface area contributed by atoms with E-state index in [4.69, 9.17) is 23.7 Å². The maximum Gasteiger partial charge on any atom is 0.408 e. The van der Waals surface area contributed by atoms with E-state index < -0.39 is 80.3 Å². The molecule has 0 radical (unpaired) electrons. The molecule has 2 saturated heterocycles. The molecule has 5 aliphatic rings. The number of alkyl carbamates (subject to hydrolysis) is 1. The minimum atomic E-state index is -3.92. The Hall–Kier alpha value is -4.90. The van der Waals surface area contributed by atoms with Gasteiger partial charge in [0, 0.05) is 41.3 Å². The number of amides is 4. The minimum Gasteiger partial charge on any atom is -0.496 e. The molecular weight excluding hydrogens is 759 g/mol. The number of fused-ring (bicyclic) bond motifs is 4. The van der Waals surface area contributed by atoms with Crippen LogP contribution in [0.5, 0.6) is 17.4 Å². The van der Waals surface area contributed by atoms with E-state index in [-0.39, 0.29) is 31.9 Å². The summed E-state index contributed by atoms with van der Waals surface area (Å²) in [7, 11) is -2.36. The number of hydrogen-bond donors (Lipinski definition) is 3. The maximum atomic E-state index is 14.7. The molecule has 4 bridgehead atoms. The van der Waals surface area contributed by atoms with Crippen LogP contribution < -0.4 is 29.6 Å². The highest BCUT2D eigenvalue weighted by molar-refractivity contribution is 7.91. The van der Waals surface area contributed by atoms with E-state index in [0.717, 1.165) is 5.56 Å². The number of sulfonamides is 1. The first kappa shape index (κ1) is 40.3. The first-order valence-electron chi connectivity index (χ1n) is 19.4. The van der Waals surface area contributed by atoms with Crippen LogP contribution in [-0.2, 0) is 33.9 Å². The zero-order valence-electron chi connectivity index (χ0n) is 32.9. The maximum absolute atomic E-state index is 14.7. The van der Waals surface area contributed by atoms with Gasteiger partial charge in [0.2, 0.25) is 27.7 Å². The summed E-state index contributed by atoms with van der Waals surface area (Å²) in [5.74, 6) is -1.56. The van der Waals surface area contributed by atoms with Crippen LogP contribution in [0.4, 0.5) is 4.79 Å². The molecule has 57 heavy (non-hydrogen) atoms. The fourth-order valence-electron chi connectivity index (χ4n) is 7.82. The number of methoxy groups -OCH3 is 1. The Kier molecular flexibility index (Phi) is 10.9. The van der Waals surface area contributed by atoms with Gasteiger partial charge in [-0.15, -0.1) is 6.58 Å². The van der Waals surface area contributed by atoms with E-state index in [1.165, 1.54) is 11.0 Å². The van der Waals surface area contributed by atoms with Gasteiger partial charge in [0.05, 0.1) is 44.2 Å².